The lowest BCUT2D eigenvalue weighted by Gasteiger charge is -2.14. The predicted octanol–water partition coefficient (Wildman–Crippen LogP) is 4.85. The van der Waals surface area contributed by atoms with Crippen LogP contribution < -0.4 is 10.6 Å². The van der Waals surface area contributed by atoms with Crippen LogP contribution in [0.2, 0.25) is 0 Å². The van der Waals surface area contributed by atoms with Gasteiger partial charge in [0.1, 0.15) is 5.76 Å². The molecule has 0 bridgehead atoms. The fourth-order valence-corrected chi connectivity index (χ4v) is 3.09. The van der Waals surface area contributed by atoms with Crippen molar-refractivity contribution in [3.63, 3.8) is 0 Å². The van der Waals surface area contributed by atoms with Crippen molar-refractivity contribution in [1.82, 2.24) is 5.32 Å². The molecule has 0 aliphatic rings. The molecule has 7 nitrogen and oxygen atoms in total. The first-order valence-corrected chi connectivity index (χ1v) is 9.35. The molecule has 1 heterocycles. The normalized spacial score (nSPS) is 10.4. The summed E-state index contributed by atoms with van der Waals surface area (Å²) in [5.41, 5.74) is 3.43. The minimum Gasteiger partial charge on any atom is -0.451 e. The molecule has 0 saturated carbocycles. The van der Waals surface area contributed by atoms with E-state index in [0.717, 1.165) is 23.2 Å². The number of non-ortho nitro benzene ring substituents is 1. The number of nitrogens with zero attached hydrogens (tertiary/aromatic N) is 1. The number of carbonyl (C=O) groups excluding carboxylic acids is 1. The first-order valence-electron chi connectivity index (χ1n) is 8.94. The van der Waals surface area contributed by atoms with E-state index in [1.807, 2.05) is 32.0 Å². The van der Waals surface area contributed by atoms with Gasteiger partial charge in [-0.15, -0.1) is 0 Å². The van der Waals surface area contributed by atoms with Gasteiger partial charge in [0.05, 0.1) is 4.92 Å². The number of anilines is 1. The summed E-state index contributed by atoms with van der Waals surface area (Å²) in [5.74, 6) is -0.105. The van der Waals surface area contributed by atoms with Gasteiger partial charge in [0.15, 0.2) is 10.9 Å². The monoisotopic (exact) mass is 409 g/mol. The van der Waals surface area contributed by atoms with E-state index in [1.54, 1.807) is 18.2 Å². The van der Waals surface area contributed by atoms with Crippen molar-refractivity contribution >= 4 is 34.6 Å². The number of carbonyl (C=O) groups is 1. The van der Waals surface area contributed by atoms with Crippen molar-refractivity contribution < 1.29 is 14.1 Å². The Kier molecular flexibility index (Phi) is 6.04. The molecule has 0 aliphatic carbocycles. The third-order valence-electron chi connectivity index (χ3n) is 4.38. The van der Waals surface area contributed by atoms with Crippen LogP contribution in [-0.4, -0.2) is 15.9 Å². The molecule has 3 rings (SSSR count). The van der Waals surface area contributed by atoms with Crippen molar-refractivity contribution in [2.24, 2.45) is 0 Å². The van der Waals surface area contributed by atoms with Gasteiger partial charge >= 0.3 is 0 Å². The van der Waals surface area contributed by atoms with E-state index in [-0.39, 0.29) is 16.6 Å². The Morgan fingerprint density at radius 1 is 1.17 bits per heavy atom. The van der Waals surface area contributed by atoms with Crippen LogP contribution in [0.15, 0.2) is 59.0 Å². The zero-order valence-electron chi connectivity index (χ0n) is 15.9. The van der Waals surface area contributed by atoms with Crippen LogP contribution in [0.25, 0.3) is 11.3 Å². The van der Waals surface area contributed by atoms with Gasteiger partial charge in [-0.1, -0.05) is 37.3 Å². The minimum absolute atomic E-state index is 0.0520. The molecule has 0 fully saturated rings. The number of thiocarbonyl (C=S) groups is 1. The van der Waals surface area contributed by atoms with Crippen molar-refractivity contribution in [2.75, 3.05) is 5.32 Å². The molecule has 29 heavy (non-hydrogen) atoms. The molecule has 1 aromatic heterocycles. The fraction of sp³-hybridized carbons (Fsp3) is 0.143. The standard InChI is InChI=1S/C21H19N3O4S/c1-3-14-7-4-6-13(2)19(14)22-21(29)23-20(25)18-11-10-17(28-18)15-8-5-9-16(12-15)24(26)27/h4-12H,3H2,1-2H3,(H2,22,23,25,29). The second-order valence-electron chi connectivity index (χ2n) is 6.34. The molecule has 0 radical (unpaired) electrons. The zero-order chi connectivity index (χ0) is 21.0. The third-order valence-corrected chi connectivity index (χ3v) is 4.58. The Balaban J connectivity index is 1.72. The summed E-state index contributed by atoms with van der Waals surface area (Å²) >= 11 is 5.27. The molecule has 0 saturated heterocycles. The van der Waals surface area contributed by atoms with Gasteiger partial charge in [-0.2, -0.15) is 0 Å². The number of amides is 1. The Labute approximate surface area is 172 Å². The van der Waals surface area contributed by atoms with Crippen molar-refractivity contribution in [3.8, 4) is 11.3 Å². The Hall–Kier alpha value is -3.52. The Bertz CT molecular complexity index is 1090. The summed E-state index contributed by atoms with van der Waals surface area (Å²) < 4.78 is 5.56. The number of rotatable bonds is 5. The highest BCUT2D eigenvalue weighted by Crippen LogP contribution is 2.26. The van der Waals surface area contributed by atoms with E-state index < -0.39 is 10.8 Å². The van der Waals surface area contributed by atoms with Crippen LogP contribution in [-0.2, 0) is 6.42 Å². The summed E-state index contributed by atoms with van der Waals surface area (Å²) in [6, 6.07) is 15.0. The predicted molar refractivity (Wildman–Crippen MR) is 115 cm³/mol. The van der Waals surface area contributed by atoms with Crippen LogP contribution in [0.1, 0.15) is 28.6 Å². The lowest BCUT2D eigenvalue weighted by atomic mass is 10.1. The summed E-state index contributed by atoms with van der Waals surface area (Å²) in [6.07, 6.45) is 0.825. The van der Waals surface area contributed by atoms with Gasteiger partial charge in [0.25, 0.3) is 11.6 Å². The number of benzene rings is 2. The molecule has 0 unspecified atom stereocenters. The van der Waals surface area contributed by atoms with Crippen LogP contribution in [0.3, 0.4) is 0 Å². The van der Waals surface area contributed by atoms with E-state index in [1.165, 1.54) is 18.2 Å². The molecule has 2 aromatic carbocycles. The van der Waals surface area contributed by atoms with Crippen LogP contribution in [0.5, 0.6) is 0 Å². The first kappa shape index (κ1) is 20.2. The molecule has 0 aliphatic heterocycles. The third kappa shape index (κ3) is 4.67. The Morgan fingerprint density at radius 3 is 2.66 bits per heavy atom. The molecule has 1 amide bonds. The summed E-state index contributed by atoms with van der Waals surface area (Å²) in [5, 5.41) is 16.8. The summed E-state index contributed by atoms with van der Waals surface area (Å²) in [4.78, 5) is 22.9. The molecule has 0 spiro atoms. The van der Waals surface area contributed by atoms with Gasteiger partial charge < -0.3 is 9.73 Å². The maximum Gasteiger partial charge on any atom is 0.293 e. The number of aryl methyl sites for hydroxylation is 2. The van der Waals surface area contributed by atoms with Crippen LogP contribution in [0, 0.1) is 17.0 Å². The highest BCUT2D eigenvalue weighted by atomic mass is 32.1. The average Bonchev–Trinajstić information content (AvgIpc) is 3.20. The number of para-hydroxylation sites is 1. The molecular weight excluding hydrogens is 390 g/mol. The van der Waals surface area contributed by atoms with Gasteiger partial charge in [0, 0.05) is 23.4 Å². The number of nitro benzene ring substituents is 1. The molecular formula is C21H19N3O4S. The average molecular weight is 409 g/mol. The second-order valence-corrected chi connectivity index (χ2v) is 6.75. The molecule has 8 heteroatoms. The number of hydrogen-bond acceptors (Lipinski definition) is 5. The minimum atomic E-state index is -0.509. The van der Waals surface area contributed by atoms with E-state index in [4.69, 9.17) is 16.6 Å². The Morgan fingerprint density at radius 2 is 1.93 bits per heavy atom. The zero-order valence-corrected chi connectivity index (χ0v) is 16.7. The van der Waals surface area contributed by atoms with Gasteiger partial charge in [0.2, 0.25) is 0 Å². The van der Waals surface area contributed by atoms with Crippen LogP contribution >= 0.6 is 12.2 Å². The van der Waals surface area contributed by atoms with Crippen molar-refractivity contribution in [2.45, 2.75) is 20.3 Å². The van der Waals surface area contributed by atoms with E-state index in [0.29, 0.717) is 11.3 Å². The van der Waals surface area contributed by atoms with Gasteiger partial charge in [-0.3, -0.25) is 20.2 Å². The number of nitro groups is 1. The van der Waals surface area contributed by atoms with E-state index in [9.17, 15) is 14.9 Å². The maximum atomic E-state index is 12.5. The molecule has 0 atom stereocenters. The molecule has 3 aromatic rings. The summed E-state index contributed by atoms with van der Waals surface area (Å²) in [6.45, 7) is 4.00. The highest BCUT2D eigenvalue weighted by Gasteiger charge is 2.16. The summed E-state index contributed by atoms with van der Waals surface area (Å²) in [7, 11) is 0. The van der Waals surface area contributed by atoms with E-state index >= 15 is 0 Å². The van der Waals surface area contributed by atoms with Crippen molar-refractivity contribution in [1.29, 1.82) is 0 Å². The fourth-order valence-electron chi connectivity index (χ4n) is 2.90. The lowest BCUT2D eigenvalue weighted by Crippen LogP contribution is -2.34. The SMILES string of the molecule is CCc1cccc(C)c1NC(=S)NC(=O)c1ccc(-c2cccc([N+](=O)[O-])c2)o1. The quantitative estimate of drug-likeness (QED) is 0.355. The largest absolute Gasteiger partial charge is 0.451 e. The lowest BCUT2D eigenvalue weighted by molar-refractivity contribution is -0.384. The maximum absolute atomic E-state index is 12.5. The second kappa shape index (κ2) is 8.66. The molecule has 2 N–H and O–H groups in total. The highest BCUT2D eigenvalue weighted by molar-refractivity contribution is 7.80. The molecule has 148 valence electrons. The first-order chi connectivity index (χ1) is 13.9. The number of furan rings is 1. The van der Waals surface area contributed by atoms with Crippen LogP contribution in [0.4, 0.5) is 11.4 Å². The number of nitrogens with one attached hydrogen (secondary N) is 2. The van der Waals surface area contributed by atoms with Gasteiger partial charge in [-0.05, 0) is 48.8 Å². The van der Waals surface area contributed by atoms with E-state index in [2.05, 4.69) is 10.6 Å². The van der Waals surface area contributed by atoms with Crippen molar-refractivity contribution in [3.05, 3.63) is 81.6 Å². The smallest absolute Gasteiger partial charge is 0.293 e. The number of hydrogen-bond donors (Lipinski definition) is 2. The van der Waals surface area contributed by atoms with Gasteiger partial charge in [-0.25, -0.2) is 0 Å². The topological polar surface area (TPSA) is 97.4 Å².